The highest BCUT2D eigenvalue weighted by Crippen LogP contribution is 2.25. The normalized spacial score (nSPS) is 13.6. The van der Waals surface area contributed by atoms with Crippen LogP contribution in [0.15, 0.2) is 45.3 Å². The van der Waals surface area contributed by atoms with Gasteiger partial charge in [-0.3, -0.25) is 0 Å². The Balaban J connectivity index is 1.90. The molecule has 0 fully saturated rings. The number of aromatic nitrogens is 4. The van der Waals surface area contributed by atoms with E-state index in [2.05, 4.69) is 51.8 Å². The minimum absolute atomic E-state index is 0.381. The first kappa shape index (κ1) is 14.7. The van der Waals surface area contributed by atoms with Gasteiger partial charge in [-0.1, -0.05) is 0 Å². The fraction of sp³-hybridized carbons (Fsp3) is 0. The van der Waals surface area contributed by atoms with Gasteiger partial charge in [0.05, 0.1) is 35.2 Å². The third-order valence-electron chi connectivity index (χ3n) is 4.12. The van der Waals surface area contributed by atoms with Crippen molar-refractivity contribution < 1.29 is 1.37 Å². The van der Waals surface area contributed by atoms with Gasteiger partial charge in [0.25, 0.3) is 0 Å². The molecule has 0 aliphatic carbocycles. The van der Waals surface area contributed by atoms with Crippen LogP contribution in [0.2, 0.25) is 0 Å². The van der Waals surface area contributed by atoms with Crippen molar-refractivity contribution >= 4 is 78.2 Å². The third kappa shape index (κ3) is 2.95. The predicted molar refractivity (Wildman–Crippen MR) is 114 cm³/mol. The molecule has 8 bridgehead atoms. The van der Waals surface area contributed by atoms with Crippen molar-refractivity contribution in [1.29, 1.82) is 0 Å². The molecular formula is C20H12Br2N4. The summed E-state index contributed by atoms with van der Waals surface area (Å²) in [5.74, 6) is 0. The maximum atomic E-state index is 8.18. The average Bonchev–Trinajstić information content (AvgIpc) is 3.34. The van der Waals surface area contributed by atoms with Crippen molar-refractivity contribution in [1.82, 2.24) is 19.9 Å². The fourth-order valence-electron chi connectivity index (χ4n) is 2.95. The number of aromatic amines is 2. The molecule has 5 rings (SSSR count). The minimum Gasteiger partial charge on any atom is -0.354 e. The molecule has 0 amide bonds. The van der Waals surface area contributed by atoms with Crippen LogP contribution in [0.3, 0.4) is 0 Å². The lowest BCUT2D eigenvalue weighted by atomic mass is 10.3. The van der Waals surface area contributed by atoms with E-state index in [4.69, 9.17) is 1.37 Å². The van der Waals surface area contributed by atoms with Crippen LogP contribution >= 0.6 is 31.9 Å². The minimum atomic E-state index is 0.381. The van der Waals surface area contributed by atoms with E-state index in [0.717, 1.165) is 48.1 Å². The molecule has 2 aliphatic rings. The molecule has 0 spiro atoms. The predicted octanol–water partition coefficient (Wildman–Crippen LogP) is 6.18. The van der Waals surface area contributed by atoms with Crippen LogP contribution in [0.5, 0.6) is 0 Å². The monoisotopic (exact) mass is 467 g/mol. The highest BCUT2D eigenvalue weighted by Gasteiger charge is 2.04. The molecule has 0 saturated heterocycles. The average molecular weight is 469 g/mol. The number of fused-ring (bicyclic) bond motifs is 8. The topological polar surface area (TPSA) is 57.4 Å². The Morgan fingerprint density at radius 2 is 1.23 bits per heavy atom. The Morgan fingerprint density at radius 1 is 0.654 bits per heavy atom. The summed E-state index contributed by atoms with van der Waals surface area (Å²) in [7, 11) is 0. The third-order valence-corrected chi connectivity index (χ3v) is 5.43. The summed E-state index contributed by atoms with van der Waals surface area (Å²) >= 11 is 7.21. The van der Waals surface area contributed by atoms with Crippen LogP contribution in [-0.4, -0.2) is 19.9 Å². The summed E-state index contributed by atoms with van der Waals surface area (Å²) in [5, 5.41) is 0. The van der Waals surface area contributed by atoms with Crippen molar-refractivity contribution in [3.63, 3.8) is 0 Å². The first-order chi connectivity index (χ1) is 13.0. The number of nitrogens with one attached hydrogen (secondary N) is 2. The van der Waals surface area contributed by atoms with Crippen LogP contribution in [0.1, 0.15) is 24.1 Å². The van der Waals surface area contributed by atoms with Gasteiger partial charge >= 0.3 is 0 Å². The molecule has 6 heteroatoms. The maximum Gasteiger partial charge on any atom is 0.0659 e. The van der Waals surface area contributed by atoms with Gasteiger partial charge in [0.1, 0.15) is 0 Å². The molecule has 26 heavy (non-hydrogen) atoms. The Bertz CT molecular complexity index is 1310. The van der Waals surface area contributed by atoms with Crippen LogP contribution in [0.4, 0.5) is 0 Å². The summed E-state index contributed by atoms with van der Waals surface area (Å²) < 4.78 is 10.1. The molecule has 5 heterocycles. The lowest BCUT2D eigenvalue weighted by Crippen LogP contribution is -1.77. The Morgan fingerprint density at radius 3 is 2.00 bits per heavy atom. The number of rotatable bonds is 0. The maximum absolute atomic E-state index is 8.18. The van der Waals surface area contributed by atoms with E-state index in [1.807, 2.05) is 48.6 Å². The van der Waals surface area contributed by atoms with E-state index in [-0.39, 0.29) is 0 Å². The zero-order chi connectivity index (χ0) is 18.5. The largest absolute Gasteiger partial charge is 0.354 e. The highest BCUT2D eigenvalue weighted by atomic mass is 79.9. The lowest BCUT2D eigenvalue weighted by molar-refractivity contribution is 1.28. The van der Waals surface area contributed by atoms with Crippen LogP contribution < -0.4 is 0 Å². The van der Waals surface area contributed by atoms with Crippen LogP contribution in [-0.2, 0) is 0 Å². The second-order valence-electron chi connectivity index (χ2n) is 6.06. The van der Waals surface area contributed by atoms with Gasteiger partial charge in [0.15, 0.2) is 0 Å². The number of H-pyrrole nitrogens is 2. The molecule has 2 aliphatic heterocycles. The molecule has 126 valence electrons. The van der Waals surface area contributed by atoms with Gasteiger partial charge in [-0.15, -0.1) is 0 Å². The molecule has 3 aromatic heterocycles. The van der Waals surface area contributed by atoms with Crippen LogP contribution in [0, 0.1) is 0 Å². The summed E-state index contributed by atoms with van der Waals surface area (Å²) in [6.07, 6.45) is 5.64. The zero-order valence-electron chi connectivity index (χ0n) is 14.3. The summed E-state index contributed by atoms with van der Waals surface area (Å²) in [6, 6.07) is 12.2. The molecular weight excluding hydrogens is 456 g/mol. The van der Waals surface area contributed by atoms with E-state index < -0.39 is 0 Å². The zero-order valence-corrected chi connectivity index (χ0v) is 16.5. The van der Waals surface area contributed by atoms with Gasteiger partial charge in [-0.05, 0) is 92.5 Å². The smallest absolute Gasteiger partial charge is 0.0659 e. The van der Waals surface area contributed by atoms with Gasteiger partial charge in [-0.25, -0.2) is 9.97 Å². The van der Waals surface area contributed by atoms with Gasteiger partial charge in [0.2, 0.25) is 0 Å². The van der Waals surface area contributed by atoms with E-state index in [1.54, 1.807) is 6.08 Å². The summed E-state index contributed by atoms with van der Waals surface area (Å²) in [4.78, 5) is 15.9. The molecule has 3 aromatic rings. The molecule has 0 unspecified atom stereocenters. The van der Waals surface area contributed by atoms with E-state index in [1.165, 1.54) is 0 Å². The Kier molecular flexibility index (Phi) is 3.43. The number of halogens is 2. The fourth-order valence-corrected chi connectivity index (χ4v) is 3.87. The van der Waals surface area contributed by atoms with E-state index >= 15 is 0 Å². The molecule has 4 nitrogen and oxygen atoms in total. The number of nitrogens with zero attached hydrogens (tertiary/aromatic N) is 2. The lowest BCUT2D eigenvalue weighted by Gasteiger charge is -1.86. The summed E-state index contributed by atoms with van der Waals surface area (Å²) in [6.45, 7) is 0. The van der Waals surface area contributed by atoms with Crippen molar-refractivity contribution in [2.45, 2.75) is 0 Å². The quantitative estimate of drug-likeness (QED) is 0.323. The van der Waals surface area contributed by atoms with Crippen molar-refractivity contribution in [3.05, 3.63) is 68.1 Å². The molecule has 0 radical (unpaired) electrons. The van der Waals surface area contributed by atoms with Crippen molar-refractivity contribution in [2.75, 3.05) is 0 Å². The van der Waals surface area contributed by atoms with Crippen molar-refractivity contribution in [2.24, 2.45) is 0 Å². The molecule has 0 saturated carbocycles. The van der Waals surface area contributed by atoms with E-state index in [0.29, 0.717) is 11.7 Å². The second-order valence-corrected chi connectivity index (χ2v) is 7.76. The Labute approximate surface area is 167 Å². The Hall–Kier alpha value is -2.44. The summed E-state index contributed by atoms with van der Waals surface area (Å²) in [5.41, 5.74) is 6.75. The first-order valence-corrected chi connectivity index (χ1v) is 9.56. The number of hydrogen-bond donors (Lipinski definition) is 2. The second kappa shape index (κ2) is 6.07. The van der Waals surface area contributed by atoms with Crippen molar-refractivity contribution in [3.8, 4) is 0 Å². The van der Waals surface area contributed by atoms with E-state index in [9.17, 15) is 0 Å². The molecule has 0 aromatic carbocycles. The molecule has 0 atom stereocenters. The highest BCUT2D eigenvalue weighted by molar-refractivity contribution is 9.11. The van der Waals surface area contributed by atoms with Gasteiger partial charge in [0, 0.05) is 20.0 Å². The molecule has 2 N–H and O–H groups in total. The van der Waals surface area contributed by atoms with Gasteiger partial charge < -0.3 is 9.97 Å². The SMILES string of the molecule is [2H]C1=Cc2cc3[nH]c(cc3Br)cc3[nH]c(cc4nc(cc1n2)C=C4)cc3Br. The number of hydrogen-bond acceptors (Lipinski definition) is 2. The standard InChI is InChI=1S/C20H12Br2N4/c21-17-7-15-6-13-2-1-11(23-13)5-12-3-4-14(24-12)9-19-18(22)8-16(26-19)10-20(17)25-15/h1-10,25-26H/i3D. The van der Waals surface area contributed by atoms with Crippen LogP contribution in [0.25, 0.3) is 46.3 Å². The van der Waals surface area contributed by atoms with Gasteiger partial charge in [-0.2, -0.15) is 0 Å². The first-order valence-electron chi connectivity index (χ1n) is 8.47.